The van der Waals surface area contributed by atoms with Gasteiger partial charge in [-0.1, -0.05) is 40.7 Å². The fraction of sp³-hybridized carbons (Fsp3) is 0.200. The van der Waals surface area contributed by atoms with Crippen molar-refractivity contribution >= 4 is 27.7 Å². The lowest BCUT2D eigenvalue weighted by Gasteiger charge is -2.14. The largest absolute Gasteiger partial charge is 0.417 e. The van der Waals surface area contributed by atoms with Crippen LogP contribution in [0.1, 0.15) is 18.1 Å². The summed E-state index contributed by atoms with van der Waals surface area (Å²) in [4.78, 5) is 1.01. The fourth-order valence-electron chi connectivity index (χ4n) is 1.74. The molecule has 20 heavy (non-hydrogen) atoms. The van der Waals surface area contributed by atoms with Gasteiger partial charge in [0.2, 0.25) is 0 Å². The lowest BCUT2D eigenvalue weighted by molar-refractivity contribution is -0.139. The van der Waals surface area contributed by atoms with Gasteiger partial charge in [0.25, 0.3) is 0 Å². The summed E-state index contributed by atoms with van der Waals surface area (Å²) >= 11 is 4.43. The van der Waals surface area contributed by atoms with Crippen molar-refractivity contribution in [2.75, 3.05) is 0 Å². The van der Waals surface area contributed by atoms with Crippen molar-refractivity contribution in [1.82, 2.24) is 0 Å². The molecule has 2 aromatic carbocycles. The Labute approximate surface area is 128 Å². The van der Waals surface area contributed by atoms with Crippen LogP contribution < -0.4 is 0 Å². The average molecular weight is 361 g/mol. The van der Waals surface area contributed by atoms with Gasteiger partial charge in [0.05, 0.1) is 5.56 Å². The Bertz CT molecular complexity index is 591. The van der Waals surface area contributed by atoms with Crippen LogP contribution in [0.3, 0.4) is 0 Å². The van der Waals surface area contributed by atoms with Gasteiger partial charge in [0.1, 0.15) is 0 Å². The van der Waals surface area contributed by atoms with Gasteiger partial charge >= 0.3 is 6.18 Å². The molecular formula is C15H12BrF3S. The molecule has 0 spiro atoms. The minimum Gasteiger partial charge on any atom is -0.166 e. The van der Waals surface area contributed by atoms with Crippen molar-refractivity contribution in [3.8, 4) is 0 Å². The monoisotopic (exact) mass is 360 g/mol. The zero-order valence-corrected chi connectivity index (χ0v) is 13.1. The van der Waals surface area contributed by atoms with E-state index in [0.717, 1.165) is 21.1 Å². The molecule has 0 nitrogen and oxygen atoms in total. The van der Waals surface area contributed by atoms with Gasteiger partial charge in [-0.3, -0.25) is 0 Å². The Morgan fingerprint density at radius 1 is 1.05 bits per heavy atom. The van der Waals surface area contributed by atoms with Crippen molar-refractivity contribution in [3.63, 3.8) is 0 Å². The number of rotatable bonds is 3. The highest BCUT2D eigenvalue weighted by atomic mass is 79.9. The van der Waals surface area contributed by atoms with Gasteiger partial charge in [-0.25, -0.2) is 0 Å². The molecule has 0 amide bonds. The van der Waals surface area contributed by atoms with Crippen molar-refractivity contribution in [3.05, 3.63) is 58.1 Å². The van der Waals surface area contributed by atoms with Gasteiger partial charge < -0.3 is 0 Å². The predicted octanol–water partition coefficient (Wildman–Crippen LogP) is 6.18. The molecule has 0 aromatic heterocycles. The lowest BCUT2D eigenvalue weighted by Crippen LogP contribution is -2.07. The van der Waals surface area contributed by atoms with E-state index in [0.29, 0.717) is 12.0 Å². The van der Waals surface area contributed by atoms with Crippen molar-refractivity contribution < 1.29 is 13.2 Å². The van der Waals surface area contributed by atoms with E-state index in [1.54, 1.807) is 24.3 Å². The molecule has 5 heteroatoms. The molecular weight excluding hydrogens is 349 g/mol. The third kappa shape index (κ3) is 3.79. The van der Waals surface area contributed by atoms with Crippen LogP contribution in [-0.2, 0) is 12.6 Å². The van der Waals surface area contributed by atoms with E-state index in [1.807, 2.05) is 19.1 Å². The van der Waals surface area contributed by atoms with Crippen LogP contribution in [0.15, 0.2) is 56.7 Å². The standard InChI is InChI=1S/C15H12BrF3S/c1-2-10-3-8-14(13(9-10)15(17,18)19)20-12-6-4-11(16)5-7-12/h3-9H,2H2,1H3. The Hall–Kier alpha value is -0.940. The molecule has 0 aliphatic carbocycles. The molecule has 2 rings (SSSR count). The second-order valence-corrected chi connectivity index (χ2v) is 6.27. The van der Waals surface area contributed by atoms with Crippen molar-refractivity contribution in [2.24, 2.45) is 0 Å². The first-order valence-electron chi connectivity index (χ1n) is 6.03. The van der Waals surface area contributed by atoms with Crippen molar-refractivity contribution in [1.29, 1.82) is 0 Å². The number of aryl methyl sites for hydroxylation is 1. The number of halogens is 4. The molecule has 0 radical (unpaired) electrons. The van der Waals surface area contributed by atoms with E-state index < -0.39 is 11.7 Å². The summed E-state index contributed by atoms with van der Waals surface area (Å²) in [5, 5.41) is 0. The molecule has 0 atom stereocenters. The predicted molar refractivity (Wildman–Crippen MR) is 79.1 cm³/mol. The zero-order chi connectivity index (χ0) is 14.8. The highest BCUT2D eigenvalue weighted by Crippen LogP contribution is 2.40. The maximum atomic E-state index is 13.1. The fourth-order valence-corrected chi connectivity index (χ4v) is 2.95. The summed E-state index contributed by atoms with van der Waals surface area (Å²) in [5.74, 6) is 0. The summed E-state index contributed by atoms with van der Waals surface area (Å²) in [6.45, 7) is 1.84. The highest BCUT2D eigenvalue weighted by Gasteiger charge is 2.33. The minimum absolute atomic E-state index is 0.233. The molecule has 0 aliphatic heterocycles. The van der Waals surface area contributed by atoms with E-state index in [2.05, 4.69) is 15.9 Å². The van der Waals surface area contributed by atoms with Crippen LogP contribution in [-0.4, -0.2) is 0 Å². The normalized spacial score (nSPS) is 11.7. The molecule has 0 unspecified atom stereocenters. The van der Waals surface area contributed by atoms with E-state index in [9.17, 15) is 13.2 Å². The van der Waals surface area contributed by atoms with E-state index in [-0.39, 0.29) is 4.90 Å². The Morgan fingerprint density at radius 3 is 2.25 bits per heavy atom. The summed E-state index contributed by atoms with van der Waals surface area (Å²) < 4.78 is 40.2. The smallest absolute Gasteiger partial charge is 0.166 e. The van der Waals surface area contributed by atoms with Gasteiger partial charge in [-0.05, 0) is 48.4 Å². The Kier molecular flexibility index (Phi) is 4.81. The topological polar surface area (TPSA) is 0 Å². The maximum absolute atomic E-state index is 13.1. The molecule has 0 saturated heterocycles. The quantitative estimate of drug-likeness (QED) is 0.629. The first-order valence-corrected chi connectivity index (χ1v) is 7.64. The second kappa shape index (κ2) is 6.22. The SMILES string of the molecule is CCc1ccc(Sc2ccc(Br)cc2)c(C(F)(F)F)c1. The molecule has 2 aromatic rings. The van der Waals surface area contributed by atoms with E-state index in [1.165, 1.54) is 6.07 Å². The van der Waals surface area contributed by atoms with Gasteiger partial charge in [-0.15, -0.1) is 0 Å². The van der Waals surface area contributed by atoms with E-state index >= 15 is 0 Å². The third-order valence-corrected chi connectivity index (χ3v) is 4.41. The summed E-state index contributed by atoms with van der Waals surface area (Å²) in [7, 11) is 0. The van der Waals surface area contributed by atoms with E-state index in [4.69, 9.17) is 0 Å². The number of hydrogen-bond donors (Lipinski definition) is 0. The Morgan fingerprint density at radius 2 is 1.70 bits per heavy atom. The van der Waals surface area contributed by atoms with Crippen LogP contribution in [0.25, 0.3) is 0 Å². The first kappa shape index (κ1) is 15.4. The molecule has 0 fully saturated rings. The van der Waals surface area contributed by atoms with Gasteiger partial charge in [0, 0.05) is 14.3 Å². The summed E-state index contributed by atoms with van der Waals surface area (Å²) in [6, 6.07) is 11.8. The van der Waals surface area contributed by atoms with Crippen LogP contribution in [0.4, 0.5) is 13.2 Å². The van der Waals surface area contributed by atoms with Crippen molar-refractivity contribution in [2.45, 2.75) is 29.3 Å². The molecule has 0 saturated carbocycles. The second-order valence-electron chi connectivity index (χ2n) is 4.24. The highest BCUT2D eigenvalue weighted by molar-refractivity contribution is 9.10. The zero-order valence-electron chi connectivity index (χ0n) is 10.7. The van der Waals surface area contributed by atoms with Crippen LogP contribution in [0.5, 0.6) is 0 Å². The van der Waals surface area contributed by atoms with Crippen LogP contribution in [0.2, 0.25) is 0 Å². The molecule has 0 heterocycles. The molecule has 0 bridgehead atoms. The Balaban J connectivity index is 2.38. The van der Waals surface area contributed by atoms with Crippen LogP contribution >= 0.6 is 27.7 Å². The third-order valence-electron chi connectivity index (χ3n) is 2.80. The molecule has 0 aliphatic rings. The molecule has 106 valence electrons. The summed E-state index contributed by atoms with van der Waals surface area (Å²) in [6.07, 6.45) is -3.74. The number of hydrogen-bond acceptors (Lipinski definition) is 1. The van der Waals surface area contributed by atoms with Gasteiger partial charge in [-0.2, -0.15) is 13.2 Å². The van der Waals surface area contributed by atoms with Gasteiger partial charge in [0.15, 0.2) is 0 Å². The maximum Gasteiger partial charge on any atom is 0.417 e. The number of benzene rings is 2. The number of alkyl halides is 3. The average Bonchev–Trinajstić information content (AvgIpc) is 2.40. The molecule has 0 N–H and O–H groups in total. The first-order chi connectivity index (χ1) is 9.40. The minimum atomic E-state index is -4.33. The summed E-state index contributed by atoms with van der Waals surface area (Å²) in [5.41, 5.74) is 0.127. The van der Waals surface area contributed by atoms with Crippen LogP contribution in [0, 0.1) is 0 Å². The lowest BCUT2D eigenvalue weighted by atomic mass is 10.1.